The molecule has 5 nitrogen and oxygen atoms in total. The monoisotopic (exact) mass is 540 g/mol. The van der Waals surface area contributed by atoms with Crippen molar-refractivity contribution in [2.45, 2.75) is 181 Å². The van der Waals surface area contributed by atoms with Gasteiger partial charge in [0, 0.05) is 12.8 Å². The van der Waals surface area contributed by atoms with Gasteiger partial charge >= 0.3 is 11.9 Å². The molecule has 0 fully saturated rings. The van der Waals surface area contributed by atoms with Crippen molar-refractivity contribution in [1.82, 2.24) is 0 Å². The van der Waals surface area contributed by atoms with E-state index in [4.69, 9.17) is 9.47 Å². The molecule has 0 aliphatic rings. The average Bonchev–Trinajstić information content (AvgIpc) is 2.89. The number of aliphatic hydroxyl groups is 1. The Morgan fingerprint density at radius 3 is 1.18 bits per heavy atom. The average molecular weight is 541 g/mol. The molecule has 0 amide bonds. The molecule has 5 heteroatoms. The maximum atomic E-state index is 11.9. The molecular formula is C33H64O5. The number of carbonyl (C=O) groups is 2. The van der Waals surface area contributed by atoms with Crippen molar-refractivity contribution in [2.24, 2.45) is 5.92 Å². The molecule has 38 heavy (non-hydrogen) atoms. The van der Waals surface area contributed by atoms with Crippen LogP contribution >= 0.6 is 0 Å². The van der Waals surface area contributed by atoms with Gasteiger partial charge < -0.3 is 14.6 Å². The Balaban J connectivity index is 3.37. The van der Waals surface area contributed by atoms with E-state index in [9.17, 15) is 14.7 Å². The molecule has 0 aromatic carbocycles. The summed E-state index contributed by atoms with van der Waals surface area (Å²) in [6, 6.07) is 0. The molecule has 0 aliphatic carbocycles. The first kappa shape index (κ1) is 36.9. The molecule has 0 rings (SSSR count). The molecule has 0 unspecified atom stereocenters. The molecule has 0 aliphatic heterocycles. The molecule has 1 N–H and O–H groups in total. The van der Waals surface area contributed by atoms with Crippen molar-refractivity contribution in [3.8, 4) is 0 Å². The molecule has 0 aromatic rings. The number of unbranched alkanes of at least 4 members (excludes halogenated alkanes) is 19. The number of aliphatic hydroxyl groups excluding tert-OH is 1. The van der Waals surface area contributed by atoms with Crippen LogP contribution in [0.25, 0.3) is 0 Å². The zero-order valence-corrected chi connectivity index (χ0v) is 25.6. The fraction of sp³-hybridized carbons (Fsp3) is 0.939. The number of hydrogen-bond donors (Lipinski definition) is 1. The Kier molecular flexibility index (Phi) is 28.1. The minimum Gasteiger partial charge on any atom is -0.463 e. The Morgan fingerprint density at radius 2 is 0.842 bits per heavy atom. The number of esters is 2. The van der Waals surface area contributed by atoms with Gasteiger partial charge in [0.1, 0.15) is 19.3 Å². The first-order valence-electron chi connectivity index (χ1n) is 16.4. The predicted octanol–water partition coefficient (Wildman–Crippen LogP) is 9.47. The molecular weight excluding hydrogens is 476 g/mol. The van der Waals surface area contributed by atoms with E-state index < -0.39 is 6.10 Å². The number of carbonyl (C=O) groups excluding carboxylic acids is 2. The summed E-state index contributed by atoms with van der Waals surface area (Å²) in [5, 5.41) is 9.90. The number of rotatable bonds is 29. The van der Waals surface area contributed by atoms with Crippen molar-refractivity contribution in [3.05, 3.63) is 0 Å². The Bertz CT molecular complexity index is 520. The van der Waals surface area contributed by atoms with E-state index in [0.717, 1.165) is 38.0 Å². The minimum absolute atomic E-state index is 0.109. The van der Waals surface area contributed by atoms with Gasteiger partial charge in [-0.25, -0.2) is 0 Å². The summed E-state index contributed by atoms with van der Waals surface area (Å²) < 4.78 is 10.2. The number of ether oxygens (including phenoxy) is 2. The standard InChI is InChI=1S/C33H64O5/c1-4-5-6-7-16-20-23-26-32(35)37-28-31(34)29-38-33(36)27-24-21-18-15-13-11-9-8-10-12-14-17-19-22-25-30(2)3/h30-31,34H,4-29H2,1-3H3/t31-/m0/s1. The van der Waals surface area contributed by atoms with Crippen molar-refractivity contribution < 1.29 is 24.2 Å². The maximum absolute atomic E-state index is 11.9. The van der Waals surface area contributed by atoms with E-state index in [0.29, 0.717) is 12.8 Å². The molecule has 1 atom stereocenters. The van der Waals surface area contributed by atoms with E-state index in [-0.39, 0.29) is 25.2 Å². The Morgan fingerprint density at radius 1 is 0.526 bits per heavy atom. The van der Waals surface area contributed by atoms with Crippen molar-refractivity contribution in [2.75, 3.05) is 13.2 Å². The first-order chi connectivity index (χ1) is 18.5. The lowest BCUT2D eigenvalue weighted by molar-refractivity contribution is -0.152. The van der Waals surface area contributed by atoms with Gasteiger partial charge in [-0.15, -0.1) is 0 Å². The lowest BCUT2D eigenvalue weighted by Gasteiger charge is -2.12. The first-order valence-corrected chi connectivity index (χ1v) is 16.4. The van der Waals surface area contributed by atoms with E-state index in [2.05, 4.69) is 20.8 Å². The van der Waals surface area contributed by atoms with E-state index >= 15 is 0 Å². The van der Waals surface area contributed by atoms with Crippen molar-refractivity contribution in [1.29, 1.82) is 0 Å². The van der Waals surface area contributed by atoms with E-state index in [1.54, 1.807) is 0 Å². The molecule has 0 radical (unpaired) electrons. The molecule has 226 valence electrons. The van der Waals surface area contributed by atoms with Crippen LogP contribution in [0, 0.1) is 5.92 Å². The van der Waals surface area contributed by atoms with Crippen LogP contribution in [0.3, 0.4) is 0 Å². The smallest absolute Gasteiger partial charge is 0.305 e. The predicted molar refractivity (Wildman–Crippen MR) is 159 cm³/mol. The van der Waals surface area contributed by atoms with E-state index in [1.807, 2.05) is 0 Å². The fourth-order valence-corrected chi connectivity index (χ4v) is 4.74. The van der Waals surface area contributed by atoms with Crippen LogP contribution in [0.1, 0.15) is 175 Å². The van der Waals surface area contributed by atoms with E-state index in [1.165, 1.54) is 109 Å². The van der Waals surface area contributed by atoms with Gasteiger partial charge in [0.15, 0.2) is 0 Å². The van der Waals surface area contributed by atoms with Gasteiger partial charge in [-0.3, -0.25) is 9.59 Å². The highest BCUT2D eigenvalue weighted by Crippen LogP contribution is 2.15. The lowest BCUT2D eigenvalue weighted by atomic mass is 10.0. The van der Waals surface area contributed by atoms with Gasteiger partial charge in [0.05, 0.1) is 0 Å². The van der Waals surface area contributed by atoms with Crippen LogP contribution in [0.15, 0.2) is 0 Å². The van der Waals surface area contributed by atoms with Crippen LogP contribution < -0.4 is 0 Å². The largest absolute Gasteiger partial charge is 0.463 e. The topological polar surface area (TPSA) is 72.8 Å². The minimum atomic E-state index is -0.952. The third-order valence-electron chi connectivity index (χ3n) is 7.27. The quantitative estimate of drug-likeness (QED) is 0.0755. The van der Waals surface area contributed by atoms with Crippen molar-refractivity contribution in [3.63, 3.8) is 0 Å². The third kappa shape index (κ3) is 29.5. The number of hydrogen-bond acceptors (Lipinski definition) is 5. The molecule has 0 aromatic heterocycles. The fourth-order valence-electron chi connectivity index (χ4n) is 4.74. The van der Waals surface area contributed by atoms with Gasteiger partial charge in [-0.1, -0.05) is 149 Å². The molecule has 0 bridgehead atoms. The van der Waals surface area contributed by atoms with Crippen LogP contribution in [-0.4, -0.2) is 36.4 Å². The second-order valence-electron chi connectivity index (χ2n) is 11.8. The van der Waals surface area contributed by atoms with Crippen LogP contribution in [0.4, 0.5) is 0 Å². The third-order valence-corrected chi connectivity index (χ3v) is 7.27. The lowest BCUT2D eigenvalue weighted by Crippen LogP contribution is -2.25. The summed E-state index contributed by atoms with van der Waals surface area (Å²) in [7, 11) is 0. The SMILES string of the molecule is CCCCCCCCCC(=O)OC[C@H](O)COC(=O)CCCCCCCCCCCCCCCCC(C)C. The van der Waals surface area contributed by atoms with Crippen LogP contribution in [0.5, 0.6) is 0 Å². The van der Waals surface area contributed by atoms with Gasteiger partial charge in [0.25, 0.3) is 0 Å². The van der Waals surface area contributed by atoms with Crippen molar-refractivity contribution >= 4 is 11.9 Å². The molecule has 0 heterocycles. The highest BCUT2D eigenvalue weighted by atomic mass is 16.6. The Labute approximate surface area is 236 Å². The normalized spacial score (nSPS) is 12.1. The van der Waals surface area contributed by atoms with Gasteiger partial charge in [-0.2, -0.15) is 0 Å². The summed E-state index contributed by atoms with van der Waals surface area (Å²) >= 11 is 0. The second-order valence-corrected chi connectivity index (χ2v) is 11.8. The second kappa shape index (κ2) is 28.9. The van der Waals surface area contributed by atoms with Gasteiger partial charge in [0.2, 0.25) is 0 Å². The highest BCUT2D eigenvalue weighted by molar-refractivity contribution is 5.69. The van der Waals surface area contributed by atoms with Crippen LogP contribution in [-0.2, 0) is 19.1 Å². The highest BCUT2D eigenvalue weighted by Gasteiger charge is 2.12. The summed E-state index contributed by atoms with van der Waals surface area (Å²) in [6.45, 7) is 6.61. The summed E-state index contributed by atoms with van der Waals surface area (Å²) in [5.74, 6) is 0.288. The summed E-state index contributed by atoms with van der Waals surface area (Å²) in [4.78, 5) is 23.6. The Hall–Kier alpha value is -1.10. The summed E-state index contributed by atoms with van der Waals surface area (Å²) in [6.07, 6.45) is 27.3. The maximum Gasteiger partial charge on any atom is 0.305 e. The summed E-state index contributed by atoms with van der Waals surface area (Å²) in [5.41, 5.74) is 0. The van der Waals surface area contributed by atoms with Gasteiger partial charge in [-0.05, 0) is 18.8 Å². The zero-order valence-electron chi connectivity index (χ0n) is 25.6. The molecule has 0 saturated carbocycles. The van der Waals surface area contributed by atoms with Crippen LogP contribution in [0.2, 0.25) is 0 Å². The molecule has 0 spiro atoms. The zero-order chi connectivity index (χ0) is 28.1. The molecule has 0 saturated heterocycles.